The summed E-state index contributed by atoms with van der Waals surface area (Å²) in [6.07, 6.45) is 5.31. The Hall–Kier alpha value is -3.66. The fourth-order valence-electron chi connectivity index (χ4n) is 4.25. The lowest BCUT2D eigenvalue weighted by Gasteiger charge is -2.30. The molecule has 5 rings (SSSR count). The highest BCUT2D eigenvalue weighted by atomic mass is 35.5. The molecule has 1 amide bonds. The zero-order valence-electron chi connectivity index (χ0n) is 19.4. The van der Waals surface area contributed by atoms with Gasteiger partial charge in [0, 0.05) is 50.0 Å². The van der Waals surface area contributed by atoms with Crippen LogP contribution in [-0.2, 0) is 23.8 Å². The summed E-state index contributed by atoms with van der Waals surface area (Å²) in [5, 5.41) is 11.0. The number of amides is 1. The average Bonchev–Trinajstić information content (AvgIpc) is 3.32. The number of pyridine rings is 2. The molecule has 5 heterocycles. The monoisotopic (exact) mass is 480 g/mol. The van der Waals surface area contributed by atoms with Gasteiger partial charge in [0.25, 0.3) is 0 Å². The highest BCUT2D eigenvalue weighted by Gasteiger charge is 2.29. The second-order valence-electron chi connectivity index (χ2n) is 9.01. The molecule has 2 N–H and O–H groups in total. The number of hydrogen-bond donors (Lipinski definition) is 2. The first-order chi connectivity index (χ1) is 16.2. The minimum atomic E-state index is -0.220. The van der Waals surface area contributed by atoms with Crippen LogP contribution in [0.15, 0.2) is 30.6 Å². The zero-order chi connectivity index (χ0) is 24.0. The second-order valence-corrected chi connectivity index (χ2v) is 9.39. The van der Waals surface area contributed by atoms with Crippen LogP contribution >= 0.6 is 11.6 Å². The van der Waals surface area contributed by atoms with Crippen LogP contribution in [-0.4, -0.2) is 35.2 Å². The van der Waals surface area contributed by atoms with E-state index in [1.165, 1.54) is 18.8 Å². The van der Waals surface area contributed by atoms with Crippen molar-refractivity contribution in [3.63, 3.8) is 0 Å². The number of nitrogens with zero attached hydrogens (tertiary/aromatic N) is 6. The van der Waals surface area contributed by atoms with Gasteiger partial charge in [0.1, 0.15) is 22.1 Å². The molecule has 10 nitrogen and oxygen atoms in total. The summed E-state index contributed by atoms with van der Waals surface area (Å²) in [6, 6.07) is 5.36. The standard InChI is InChI=1S/C23H25ClN8O2/c1-13(33)27-17-10-14(6-8-25-17)34-15-12-26-21-20(19(15)24)31(4)22(29-21)28-18-11-16-23(2,3)7-5-9-32(16)30-18/h6,8,10-12H,5,7,9H2,1-4H3,(H,25,27,33)(H,26,28,29,30). The Balaban J connectivity index is 1.44. The molecule has 4 aromatic heterocycles. The number of aromatic nitrogens is 6. The van der Waals surface area contributed by atoms with Crippen molar-refractivity contribution in [2.75, 3.05) is 10.6 Å². The third-order valence-corrected chi connectivity index (χ3v) is 6.32. The summed E-state index contributed by atoms with van der Waals surface area (Å²) in [7, 11) is 1.86. The third kappa shape index (κ3) is 4.05. The molecule has 0 atom stereocenters. The number of anilines is 3. The molecule has 11 heteroatoms. The molecule has 176 valence electrons. The van der Waals surface area contributed by atoms with Gasteiger partial charge in [-0.15, -0.1) is 0 Å². The summed E-state index contributed by atoms with van der Waals surface area (Å²) < 4.78 is 9.83. The molecule has 0 unspecified atom stereocenters. The first kappa shape index (κ1) is 22.1. The van der Waals surface area contributed by atoms with Gasteiger partial charge in [-0.1, -0.05) is 25.4 Å². The summed E-state index contributed by atoms with van der Waals surface area (Å²) in [4.78, 5) is 24.4. The SMILES string of the molecule is CC(=O)Nc1cc(Oc2cnc3nc(Nc4cc5n(n4)CCCC5(C)C)n(C)c3c2Cl)ccn1. The van der Waals surface area contributed by atoms with E-state index >= 15 is 0 Å². The van der Waals surface area contributed by atoms with E-state index in [0.717, 1.165) is 25.2 Å². The van der Waals surface area contributed by atoms with Crippen molar-refractivity contribution >= 4 is 46.3 Å². The maximum Gasteiger partial charge on any atom is 0.222 e. The first-order valence-corrected chi connectivity index (χ1v) is 11.4. The van der Waals surface area contributed by atoms with Crippen LogP contribution in [0.5, 0.6) is 11.5 Å². The van der Waals surface area contributed by atoms with E-state index in [1.54, 1.807) is 18.3 Å². The zero-order valence-corrected chi connectivity index (χ0v) is 20.1. The van der Waals surface area contributed by atoms with Crippen LogP contribution in [0.4, 0.5) is 17.6 Å². The van der Waals surface area contributed by atoms with E-state index in [0.29, 0.717) is 39.5 Å². The van der Waals surface area contributed by atoms with Gasteiger partial charge in [-0.3, -0.25) is 9.48 Å². The van der Waals surface area contributed by atoms with Crippen molar-refractivity contribution in [2.24, 2.45) is 7.05 Å². The van der Waals surface area contributed by atoms with E-state index in [-0.39, 0.29) is 11.3 Å². The van der Waals surface area contributed by atoms with E-state index in [2.05, 4.69) is 50.2 Å². The number of imidazole rings is 1. The third-order valence-electron chi connectivity index (χ3n) is 5.95. The Morgan fingerprint density at radius 1 is 1.24 bits per heavy atom. The summed E-state index contributed by atoms with van der Waals surface area (Å²) >= 11 is 6.70. The fourth-order valence-corrected chi connectivity index (χ4v) is 4.55. The number of hydrogen-bond acceptors (Lipinski definition) is 7. The quantitative estimate of drug-likeness (QED) is 0.422. The van der Waals surface area contributed by atoms with E-state index in [1.807, 2.05) is 11.6 Å². The maximum atomic E-state index is 11.3. The molecule has 1 aliphatic heterocycles. The Bertz CT molecular complexity index is 1410. The smallest absolute Gasteiger partial charge is 0.222 e. The maximum absolute atomic E-state index is 11.3. The molecule has 0 aliphatic carbocycles. The molecule has 0 bridgehead atoms. The van der Waals surface area contributed by atoms with Gasteiger partial charge >= 0.3 is 0 Å². The lowest BCUT2D eigenvalue weighted by molar-refractivity contribution is -0.114. The Morgan fingerprint density at radius 3 is 2.82 bits per heavy atom. The van der Waals surface area contributed by atoms with Gasteiger partial charge in [-0.05, 0) is 18.9 Å². The largest absolute Gasteiger partial charge is 0.454 e. The van der Waals surface area contributed by atoms with Gasteiger partial charge < -0.3 is 19.9 Å². The van der Waals surface area contributed by atoms with Crippen molar-refractivity contribution in [1.82, 2.24) is 29.3 Å². The minimum Gasteiger partial charge on any atom is -0.454 e. The number of nitrogens with one attached hydrogen (secondary N) is 2. The van der Waals surface area contributed by atoms with Crippen LogP contribution in [0, 0.1) is 0 Å². The summed E-state index contributed by atoms with van der Waals surface area (Å²) in [6.45, 7) is 6.81. The minimum absolute atomic E-state index is 0.0847. The van der Waals surface area contributed by atoms with Crippen LogP contribution in [0.1, 0.15) is 39.3 Å². The number of rotatable bonds is 5. The predicted octanol–water partition coefficient (Wildman–Crippen LogP) is 4.78. The highest BCUT2D eigenvalue weighted by molar-refractivity contribution is 6.36. The van der Waals surface area contributed by atoms with Crippen molar-refractivity contribution < 1.29 is 9.53 Å². The van der Waals surface area contributed by atoms with Crippen molar-refractivity contribution in [2.45, 2.75) is 45.6 Å². The fraction of sp³-hybridized carbons (Fsp3) is 0.348. The molecule has 0 radical (unpaired) electrons. The second kappa shape index (κ2) is 8.28. The molecule has 0 fully saturated rings. The van der Waals surface area contributed by atoms with Crippen LogP contribution in [0.2, 0.25) is 5.02 Å². The average molecular weight is 481 g/mol. The number of ether oxygens (including phenoxy) is 1. The van der Waals surface area contributed by atoms with Gasteiger partial charge in [-0.2, -0.15) is 10.1 Å². The first-order valence-electron chi connectivity index (χ1n) is 11.0. The van der Waals surface area contributed by atoms with E-state index in [4.69, 9.17) is 21.4 Å². The van der Waals surface area contributed by atoms with Gasteiger partial charge in [0.05, 0.1) is 6.20 Å². The van der Waals surface area contributed by atoms with E-state index < -0.39 is 0 Å². The van der Waals surface area contributed by atoms with Gasteiger partial charge in [0.2, 0.25) is 11.9 Å². The number of fused-ring (bicyclic) bond motifs is 2. The number of carbonyl (C=O) groups is 1. The van der Waals surface area contributed by atoms with Gasteiger partial charge in [0.15, 0.2) is 17.2 Å². The molecule has 1 aliphatic rings. The molecule has 4 aromatic rings. The van der Waals surface area contributed by atoms with Crippen LogP contribution in [0.3, 0.4) is 0 Å². The Kier molecular flexibility index (Phi) is 5.40. The molecule has 0 saturated heterocycles. The Morgan fingerprint density at radius 2 is 2.06 bits per heavy atom. The molecular formula is C23H25ClN8O2. The topological polar surface area (TPSA) is 112 Å². The highest BCUT2D eigenvalue weighted by Crippen LogP contribution is 2.37. The number of aryl methyl sites for hydroxylation is 2. The van der Waals surface area contributed by atoms with E-state index in [9.17, 15) is 4.79 Å². The molecule has 34 heavy (non-hydrogen) atoms. The molecule has 0 saturated carbocycles. The van der Waals surface area contributed by atoms with Crippen LogP contribution < -0.4 is 15.4 Å². The van der Waals surface area contributed by atoms with Crippen LogP contribution in [0.25, 0.3) is 11.2 Å². The molecule has 0 spiro atoms. The lowest BCUT2D eigenvalue weighted by Crippen LogP contribution is -2.27. The van der Waals surface area contributed by atoms with Crippen molar-refractivity contribution in [1.29, 1.82) is 0 Å². The number of carbonyl (C=O) groups excluding carboxylic acids is 1. The van der Waals surface area contributed by atoms with Crippen molar-refractivity contribution in [3.05, 3.63) is 41.3 Å². The Labute approximate surface area is 201 Å². The summed E-state index contributed by atoms with van der Waals surface area (Å²) in [5.74, 6) is 2.30. The lowest BCUT2D eigenvalue weighted by atomic mass is 9.82. The summed E-state index contributed by atoms with van der Waals surface area (Å²) in [5.41, 5.74) is 2.41. The molecule has 0 aromatic carbocycles. The predicted molar refractivity (Wildman–Crippen MR) is 130 cm³/mol. The number of halogens is 1. The molecular weight excluding hydrogens is 456 g/mol. The van der Waals surface area contributed by atoms with Crippen molar-refractivity contribution in [3.8, 4) is 11.5 Å². The van der Waals surface area contributed by atoms with Gasteiger partial charge in [-0.25, -0.2) is 9.97 Å². The normalized spacial score (nSPS) is 14.6.